The molecule has 0 aliphatic rings. The summed E-state index contributed by atoms with van der Waals surface area (Å²) >= 11 is 1.11. The van der Waals surface area contributed by atoms with Crippen LogP contribution in [-0.4, -0.2) is 23.4 Å². The summed E-state index contributed by atoms with van der Waals surface area (Å²) in [7, 11) is 0. The topological polar surface area (TPSA) is 80.3 Å². The van der Waals surface area contributed by atoms with Gasteiger partial charge in [0.2, 0.25) is 5.91 Å². The number of hydrogen-bond acceptors (Lipinski definition) is 5. The average Bonchev–Trinajstić information content (AvgIpc) is 3.13. The largest absolute Gasteiger partial charge is 0.435 e. The molecule has 0 aliphatic heterocycles. The second-order valence-corrected chi connectivity index (χ2v) is 6.92. The van der Waals surface area contributed by atoms with Crippen LogP contribution in [-0.2, 0) is 17.8 Å². The van der Waals surface area contributed by atoms with Crippen molar-refractivity contribution in [1.29, 1.82) is 0 Å². The number of benzene rings is 2. The number of anilines is 1. The van der Waals surface area contributed by atoms with Gasteiger partial charge in [0.05, 0.1) is 17.7 Å². The second kappa shape index (κ2) is 9.88. The van der Waals surface area contributed by atoms with Crippen molar-refractivity contribution in [2.75, 3.05) is 5.32 Å². The Hall–Kier alpha value is -3.40. The van der Waals surface area contributed by atoms with Crippen LogP contribution in [0.5, 0.6) is 5.75 Å². The number of nitrogens with one attached hydrogen (secondary N) is 2. The zero-order chi connectivity index (χ0) is 21.5. The number of ether oxygens (including phenoxy) is 1. The highest BCUT2D eigenvalue weighted by Gasteiger charge is 2.14. The van der Waals surface area contributed by atoms with E-state index in [-0.39, 0.29) is 35.3 Å². The number of thiazole rings is 1. The first-order chi connectivity index (χ1) is 14.4. The molecule has 30 heavy (non-hydrogen) atoms. The fraction of sp³-hybridized carbons (Fsp3) is 0.150. The monoisotopic (exact) mass is 435 g/mol. The van der Waals surface area contributed by atoms with Gasteiger partial charge >= 0.3 is 6.61 Å². The van der Waals surface area contributed by atoms with Crippen LogP contribution >= 0.6 is 11.3 Å². The van der Waals surface area contributed by atoms with Crippen molar-refractivity contribution in [2.45, 2.75) is 19.6 Å². The highest BCUT2D eigenvalue weighted by atomic mass is 32.1. The summed E-state index contributed by atoms with van der Waals surface area (Å²) in [4.78, 5) is 28.4. The maximum Gasteiger partial charge on any atom is 0.387 e. The van der Waals surface area contributed by atoms with Crippen LogP contribution in [0.15, 0.2) is 53.9 Å². The fourth-order valence-corrected chi connectivity index (χ4v) is 3.22. The van der Waals surface area contributed by atoms with E-state index in [1.54, 1.807) is 23.6 Å². The van der Waals surface area contributed by atoms with Gasteiger partial charge in [-0.15, -0.1) is 11.3 Å². The molecule has 2 amide bonds. The van der Waals surface area contributed by atoms with Crippen LogP contribution in [0.25, 0.3) is 0 Å². The van der Waals surface area contributed by atoms with Crippen LogP contribution in [0.4, 0.5) is 18.3 Å². The maximum absolute atomic E-state index is 13.7. The van der Waals surface area contributed by atoms with E-state index in [1.165, 1.54) is 30.3 Å². The van der Waals surface area contributed by atoms with Crippen molar-refractivity contribution in [3.63, 3.8) is 0 Å². The van der Waals surface area contributed by atoms with E-state index in [0.29, 0.717) is 11.3 Å². The van der Waals surface area contributed by atoms with Crippen molar-refractivity contribution in [1.82, 2.24) is 10.3 Å². The number of carbonyl (C=O) groups excluding carboxylic acids is 2. The highest BCUT2D eigenvalue weighted by Crippen LogP contribution is 2.18. The van der Waals surface area contributed by atoms with Crippen LogP contribution in [0.1, 0.15) is 21.6 Å². The smallest absolute Gasteiger partial charge is 0.387 e. The van der Waals surface area contributed by atoms with Crippen molar-refractivity contribution >= 4 is 28.3 Å². The molecule has 0 radical (unpaired) electrons. The summed E-state index contributed by atoms with van der Waals surface area (Å²) in [5, 5.41) is 6.99. The molecular formula is C20H16F3N3O3S. The molecule has 0 fully saturated rings. The molecule has 0 spiro atoms. The Kier molecular flexibility index (Phi) is 7.02. The van der Waals surface area contributed by atoms with Gasteiger partial charge in [0.25, 0.3) is 5.91 Å². The molecule has 0 saturated heterocycles. The van der Waals surface area contributed by atoms with E-state index in [4.69, 9.17) is 0 Å². The van der Waals surface area contributed by atoms with Crippen molar-refractivity contribution < 1.29 is 27.5 Å². The van der Waals surface area contributed by atoms with Crippen molar-refractivity contribution in [2.24, 2.45) is 0 Å². The molecule has 1 heterocycles. The van der Waals surface area contributed by atoms with E-state index in [0.717, 1.165) is 11.3 Å². The third-order valence-corrected chi connectivity index (χ3v) is 4.65. The molecule has 3 rings (SSSR count). The zero-order valence-corrected chi connectivity index (χ0v) is 16.2. The predicted octanol–water partition coefficient (Wildman–Crippen LogP) is 3.99. The summed E-state index contributed by atoms with van der Waals surface area (Å²) in [6, 6.07) is 11.6. The lowest BCUT2D eigenvalue weighted by Crippen LogP contribution is -2.24. The van der Waals surface area contributed by atoms with Gasteiger partial charge in [-0.05, 0) is 29.8 Å². The number of halogens is 3. The average molecular weight is 435 g/mol. The summed E-state index contributed by atoms with van der Waals surface area (Å²) in [6.07, 6.45) is -0.0424. The number of amides is 2. The first kappa shape index (κ1) is 21.3. The third kappa shape index (κ3) is 6.05. The molecule has 1 aromatic heterocycles. The Morgan fingerprint density at radius 3 is 2.70 bits per heavy atom. The molecule has 0 atom stereocenters. The van der Waals surface area contributed by atoms with Crippen LogP contribution < -0.4 is 15.4 Å². The molecule has 2 aromatic carbocycles. The van der Waals surface area contributed by atoms with E-state index >= 15 is 0 Å². The minimum atomic E-state index is -2.92. The van der Waals surface area contributed by atoms with Gasteiger partial charge in [0, 0.05) is 11.9 Å². The minimum absolute atomic E-state index is 0.00601. The Balaban J connectivity index is 1.51. The first-order valence-electron chi connectivity index (χ1n) is 8.71. The second-order valence-electron chi connectivity index (χ2n) is 6.06. The van der Waals surface area contributed by atoms with Gasteiger partial charge in [-0.25, -0.2) is 9.37 Å². The summed E-state index contributed by atoms with van der Waals surface area (Å²) in [5.74, 6) is -1.61. The molecular weight excluding hydrogens is 419 g/mol. The van der Waals surface area contributed by atoms with E-state index in [9.17, 15) is 22.8 Å². The van der Waals surface area contributed by atoms with Crippen molar-refractivity contribution in [3.8, 4) is 5.75 Å². The lowest BCUT2D eigenvalue weighted by molar-refractivity contribution is -0.120. The maximum atomic E-state index is 13.7. The molecule has 2 N–H and O–H groups in total. The van der Waals surface area contributed by atoms with Gasteiger partial charge in [-0.1, -0.05) is 24.3 Å². The Bertz CT molecular complexity index is 1040. The Morgan fingerprint density at radius 2 is 1.93 bits per heavy atom. The first-order valence-corrected chi connectivity index (χ1v) is 9.59. The molecule has 0 saturated carbocycles. The Labute approximate surface area is 173 Å². The number of aromatic nitrogens is 1. The van der Waals surface area contributed by atoms with E-state index < -0.39 is 18.3 Å². The van der Waals surface area contributed by atoms with E-state index in [1.807, 2.05) is 0 Å². The summed E-state index contributed by atoms with van der Waals surface area (Å²) < 4.78 is 42.5. The van der Waals surface area contributed by atoms with Gasteiger partial charge in [-0.2, -0.15) is 8.78 Å². The SMILES string of the molecule is O=C(Cc1csc(NC(=O)c2ccccc2F)n1)NCc1cccc(OC(F)F)c1. The fourth-order valence-electron chi connectivity index (χ4n) is 2.51. The quantitative estimate of drug-likeness (QED) is 0.561. The standard InChI is InChI=1S/C20H16F3N3O3S/c21-16-7-2-1-6-15(16)18(28)26-20-25-13(11-30-20)9-17(27)24-10-12-4-3-5-14(8-12)29-19(22)23/h1-8,11,19H,9-10H2,(H,24,27)(H,25,26,28). The molecule has 0 bridgehead atoms. The van der Waals surface area contributed by atoms with Gasteiger partial charge in [0.15, 0.2) is 5.13 Å². The van der Waals surface area contributed by atoms with Gasteiger partial charge in [0.1, 0.15) is 11.6 Å². The number of carbonyl (C=O) groups is 2. The highest BCUT2D eigenvalue weighted by molar-refractivity contribution is 7.14. The lowest BCUT2D eigenvalue weighted by Gasteiger charge is -2.08. The summed E-state index contributed by atoms with van der Waals surface area (Å²) in [5.41, 5.74) is 0.916. The van der Waals surface area contributed by atoms with Crippen LogP contribution in [0.3, 0.4) is 0 Å². The number of rotatable bonds is 8. The van der Waals surface area contributed by atoms with E-state index in [2.05, 4.69) is 20.4 Å². The Morgan fingerprint density at radius 1 is 1.13 bits per heavy atom. The molecule has 156 valence electrons. The van der Waals surface area contributed by atoms with Gasteiger partial charge < -0.3 is 10.1 Å². The molecule has 6 nitrogen and oxygen atoms in total. The third-order valence-electron chi connectivity index (χ3n) is 3.85. The molecule has 3 aromatic rings. The lowest BCUT2D eigenvalue weighted by atomic mass is 10.2. The van der Waals surface area contributed by atoms with Crippen molar-refractivity contribution in [3.05, 3.63) is 76.5 Å². The van der Waals surface area contributed by atoms with Gasteiger partial charge in [-0.3, -0.25) is 14.9 Å². The predicted molar refractivity (Wildman–Crippen MR) is 105 cm³/mol. The summed E-state index contributed by atoms with van der Waals surface area (Å²) in [6.45, 7) is -2.80. The number of hydrogen-bond donors (Lipinski definition) is 2. The van der Waals surface area contributed by atoms with Crippen LogP contribution in [0, 0.1) is 5.82 Å². The molecule has 0 aliphatic carbocycles. The number of alkyl halides is 2. The normalized spacial score (nSPS) is 10.7. The molecule has 10 heteroatoms. The number of nitrogens with zero attached hydrogens (tertiary/aromatic N) is 1. The minimum Gasteiger partial charge on any atom is -0.435 e. The molecule has 0 unspecified atom stereocenters. The van der Waals surface area contributed by atoms with Crippen LogP contribution in [0.2, 0.25) is 0 Å². The zero-order valence-electron chi connectivity index (χ0n) is 15.4.